The first-order chi connectivity index (χ1) is 11.2. The van der Waals surface area contributed by atoms with Crippen LogP contribution < -0.4 is 0 Å². The molecular weight excluding hydrogens is 330 g/mol. The molecule has 3 aromatic heterocycles. The highest BCUT2D eigenvalue weighted by molar-refractivity contribution is 7.90. The van der Waals surface area contributed by atoms with Crippen LogP contribution in [-0.2, 0) is 10.0 Å². The first-order valence-corrected chi connectivity index (χ1v) is 9.15. The molecular formula is C16H11N3O2S2. The van der Waals surface area contributed by atoms with E-state index >= 15 is 0 Å². The summed E-state index contributed by atoms with van der Waals surface area (Å²) in [6, 6.07) is 12.2. The highest BCUT2D eigenvalue weighted by Crippen LogP contribution is 2.33. The predicted octanol–water partition coefficient (Wildman–Crippen LogP) is 3.40. The molecule has 1 aromatic carbocycles. The van der Waals surface area contributed by atoms with Gasteiger partial charge in [0, 0.05) is 28.2 Å². The lowest BCUT2D eigenvalue weighted by Crippen LogP contribution is -2.12. The van der Waals surface area contributed by atoms with Gasteiger partial charge in [-0.15, -0.1) is 11.3 Å². The molecule has 0 aliphatic heterocycles. The second kappa shape index (κ2) is 5.29. The van der Waals surface area contributed by atoms with Gasteiger partial charge in [-0.1, -0.05) is 24.3 Å². The lowest BCUT2D eigenvalue weighted by atomic mass is 10.2. The predicted molar refractivity (Wildman–Crippen MR) is 89.9 cm³/mol. The van der Waals surface area contributed by atoms with Gasteiger partial charge in [0.05, 0.1) is 4.90 Å². The maximum atomic E-state index is 12.9. The van der Waals surface area contributed by atoms with Crippen molar-refractivity contribution in [3.63, 3.8) is 0 Å². The summed E-state index contributed by atoms with van der Waals surface area (Å²) in [5, 5.41) is 2.67. The molecule has 0 bridgehead atoms. The standard InChI is InChI=1S/C16H11N3O2S2/c20-23(21,12-5-2-1-3-6-12)19-10-14(15-7-4-8-22-15)13-9-17-11-18-16(13)19/h1-11H. The SMILES string of the molecule is O=S(=O)(c1ccccc1)n1cc(-c2cccs2)c2cncnc21. The molecule has 4 aromatic rings. The van der Waals surface area contributed by atoms with Crippen molar-refractivity contribution in [1.82, 2.24) is 13.9 Å². The summed E-state index contributed by atoms with van der Waals surface area (Å²) in [5.41, 5.74) is 1.20. The number of hydrogen-bond acceptors (Lipinski definition) is 5. The molecule has 3 heterocycles. The van der Waals surface area contributed by atoms with Gasteiger partial charge in [0.15, 0.2) is 5.65 Å². The molecule has 114 valence electrons. The summed E-state index contributed by atoms with van der Waals surface area (Å²) in [6.45, 7) is 0. The van der Waals surface area contributed by atoms with Crippen LogP contribution in [0.15, 0.2) is 71.5 Å². The Morgan fingerprint density at radius 3 is 2.61 bits per heavy atom. The fourth-order valence-electron chi connectivity index (χ4n) is 2.45. The fourth-order valence-corrected chi connectivity index (χ4v) is 4.55. The molecule has 4 rings (SSSR count). The van der Waals surface area contributed by atoms with Crippen LogP contribution in [-0.4, -0.2) is 22.4 Å². The van der Waals surface area contributed by atoms with Gasteiger partial charge in [0.1, 0.15) is 6.33 Å². The molecule has 7 heteroatoms. The van der Waals surface area contributed by atoms with Crippen molar-refractivity contribution in [1.29, 1.82) is 0 Å². The van der Waals surface area contributed by atoms with E-state index in [1.165, 1.54) is 10.3 Å². The number of nitrogens with zero attached hydrogens (tertiary/aromatic N) is 3. The van der Waals surface area contributed by atoms with E-state index in [0.29, 0.717) is 5.65 Å². The van der Waals surface area contributed by atoms with Crippen molar-refractivity contribution in [3.8, 4) is 10.4 Å². The molecule has 0 N–H and O–H groups in total. The minimum Gasteiger partial charge on any atom is -0.244 e. The van der Waals surface area contributed by atoms with E-state index in [-0.39, 0.29) is 4.90 Å². The summed E-state index contributed by atoms with van der Waals surface area (Å²) in [4.78, 5) is 9.43. The Balaban J connectivity index is 2.02. The van der Waals surface area contributed by atoms with Crippen LogP contribution in [0.25, 0.3) is 21.5 Å². The molecule has 0 fully saturated rings. The molecule has 23 heavy (non-hydrogen) atoms. The molecule has 0 aliphatic carbocycles. The zero-order chi connectivity index (χ0) is 15.9. The van der Waals surface area contributed by atoms with Gasteiger partial charge in [-0.25, -0.2) is 22.4 Å². The molecule has 0 amide bonds. The summed E-state index contributed by atoms with van der Waals surface area (Å²) < 4.78 is 27.1. The lowest BCUT2D eigenvalue weighted by molar-refractivity contribution is 0.589. The minimum atomic E-state index is -3.70. The average Bonchev–Trinajstić information content (AvgIpc) is 3.23. The summed E-state index contributed by atoms with van der Waals surface area (Å²) in [5.74, 6) is 0. The largest absolute Gasteiger partial charge is 0.269 e. The Kier molecular flexibility index (Phi) is 3.24. The number of benzene rings is 1. The number of fused-ring (bicyclic) bond motifs is 1. The zero-order valence-corrected chi connectivity index (χ0v) is 13.5. The monoisotopic (exact) mass is 341 g/mol. The fraction of sp³-hybridized carbons (Fsp3) is 0. The van der Waals surface area contributed by atoms with Crippen LogP contribution in [0, 0.1) is 0 Å². The van der Waals surface area contributed by atoms with Gasteiger partial charge in [0.2, 0.25) is 0 Å². The van der Waals surface area contributed by atoms with Gasteiger partial charge in [0.25, 0.3) is 10.0 Å². The highest BCUT2D eigenvalue weighted by Gasteiger charge is 2.22. The second-order valence-corrected chi connectivity index (χ2v) is 7.66. The Hall–Kier alpha value is -2.51. The van der Waals surface area contributed by atoms with Crippen LogP contribution in [0.3, 0.4) is 0 Å². The highest BCUT2D eigenvalue weighted by atomic mass is 32.2. The topological polar surface area (TPSA) is 64.8 Å². The Morgan fingerprint density at radius 2 is 1.87 bits per heavy atom. The molecule has 0 unspecified atom stereocenters. The van der Waals surface area contributed by atoms with Crippen LogP contribution in [0.5, 0.6) is 0 Å². The van der Waals surface area contributed by atoms with Crippen molar-refractivity contribution < 1.29 is 8.42 Å². The molecule has 0 saturated carbocycles. The van der Waals surface area contributed by atoms with Crippen molar-refractivity contribution in [2.24, 2.45) is 0 Å². The number of aromatic nitrogens is 3. The van der Waals surface area contributed by atoms with Gasteiger partial charge >= 0.3 is 0 Å². The molecule has 0 aliphatic rings. The smallest absolute Gasteiger partial charge is 0.244 e. The maximum absolute atomic E-state index is 12.9. The summed E-state index contributed by atoms with van der Waals surface area (Å²) in [7, 11) is -3.70. The van der Waals surface area contributed by atoms with Crippen LogP contribution in [0.1, 0.15) is 0 Å². The molecule has 0 atom stereocenters. The third kappa shape index (κ3) is 2.25. The van der Waals surface area contributed by atoms with Crippen molar-refractivity contribution in [2.45, 2.75) is 4.90 Å². The van der Waals surface area contributed by atoms with Crippen molar-refractivity contribution in [3.05, 3.63) is 66.6 Å². The van der Waals surface area contributed by atoms with Gasteiger partial charge in [-0.05, 0) is 23.6 Å². The van der Waals surface area contributed by atoms with Crippen LogP contribution in [0.2, 0.25) is 0 Å². The maximum Gasteiger partial charge on any atom is 0.269 e. The van der Waals surface area contributed by atoms with E-state index in [0.717, 1.165) is 15.8 Å². The molecule has 0 radical (unpaired) electrons. The quantitative estimate of drug-likeness (QED) is 0.573. The van der Waals surface area contributed by atoms with E-state index in [1.54, 1.807) is 54.1 Å². The van der Waals surface area contributed by atoms with Crippen LogP contribution in [0.4, 0.5) is 0 Å². The van der Waals surface area contributed by atoms with Crippen molar-refractivity contribution in [2.75, 3.05) is 0 Å². The Bertz CT molecular complexity index is 1070. The van der Waals surface area contributed by atoms with E-state index < -0.39 is 10.0 Å². The van der Waals surface area contributed by atoms with Gasteiger partial charge in [-0.3, -0.25) is 0 Å². The molecule has 0 saturated heterocycles. The Morgan fingerprint density at radius 1 is 1.04 bits per heavy atom. The minimum absolute atomic E-state index is 0.230. The third-order valence-electron chi connectivity index (χ3n) is 3.52. The van der Waals surface area contributed by atoms with Gasteiger partial charge < -0.3 is 0 Å². The number of rotatable bonds is 3. The van der Waals surface area contributed by atoms with E-state index in [2.05, 4.69) is 9.97 Å². The average molecular weight is 341 g/mol. The first-order valence-electron chi connectivity index (χ1n) is 6.83. The lowest BCUT2D eigenvalue weighted by Gasteiger charge is -2.06. The Labute approximate surface area is 136 Å². The van der Waals surface area contributed by atoms with Crippen LogP contribution >= 0.6 is 11.3 Å². The third-order valence-corrected chi connectivity index (χ3v) is 6.09. The van der Waals surface area contributed by atoms with E-state index in [1.807, 2.05) is 17.5 Å². The number of hydrogen-bond donors (Lipinski definition) is 0. The van der Waals surface area contributed by atoms with Crippen molar-refractivity contribution >= 4 is 32.4 Å². The first kappa shape index (κ1) is 14.1. The number of thiophene rings is 1. The summed E-state index contributed by atoms with van der Waals surface area (Å²) >= 11 is 1.55. The normalized spacial score (nSPS) is 11.8. The zero-order valence-electron chi connectivity index (χ0n) is 11.8. The van der Waals surface area contributed by atoms with Gasteiger partial charge in [-0.2, -0.15) is 0 Å². The van der Waals surface area contributed by atoms with E-state index in [4.69, 9.17) is 0 Å². The summed E-state index contributed by atoms with van der Waals surface area (Å²) in [6.07, 6.45) is 4.62. The van der Waals surface area contributed by atoms with E-state index in [9.17, 15) is 8.42 Å². The molecule has 5 nitrogen and oxygen atoms in total. The molecule has 0 spiro atoms. The second-order valence-electron chi connectivity index (χ2n) is 4.89.